The van der Waals surface area contributed by atoms with Crippen molar-refractivity contribution in [2.45, 2.75) is 18.9 Å². The molecule has 8 heteroatoms. The lowest BCUT2D eigenvalue weighted by atomic mass is 10.1. The molecule has 25 heavy (non-hydrogen) atoms. The summed E-state index contributed by atoms with van der Waals surface area (Å²) in [6.07, 6.45) is 1.91. The molecule has 1 fully saturated rings. The summed E-state index contributed by atoms with van der Waals surface area (Å²) in [7, 11) is 0. The molecule has 0 aliphatic carbocycles. The predicted molar refractivity (Wildman–Crippen MR) is 98.0 cm³/mol. The predicted octanol–water partition coefficient (Wildman–Crippen LogP) is 2.09. The van der Waals surface area contributed by atoms with Gasteiger partial charge in [-0.15, -0.1) is 11.3 Å². The Morgan fingerprint density at radius 2 is 2.12 bits per heavy atom. The van der Waals surface area contributed by atoms with Crippen molar-refractivity contribution in [3.63, 3.8) is 0 Å². The Labute approximate surface area is 149 Å². The number of amides is 3. The van der Waals surface area contributed by atoms with Crippen molar-refractivity contribution in [3.8, 4) is 16.2 Å². The first-order chi connectivity index (χ1) is 12.0. The normalized spacial score (nSPS) is 17.0. The van der Waals surface area contributed by atoms with Crippen molar-refractivity contribution < 1.29 is 14.7 Å². The van der Waals surface area contributed by atoms with Gasteiger partial charge in [-0.05, 0) is 37.6 Å². The summed E-state index contributed by atoms with van der Waals surface area (Å²) < 4.78 is 0. The molecular formula is C17H20N4O3S. The lowest BCUT2D eigenvalue weighted by Crippen LogP contribution is -2.45. The third-order valence-corrected chi connectivity index (χ3v) is 5.10. The molecule has 0 unspecified atom stereocenters. The Bertz CT molecular complexity index is 784. The van der Waals surface area contributed by atoms with Crippen LogP contribution in [0.25, 0.3) is 10.4 Å². The van der Waals surface area contributed by atoms with Crippen molar-refractivity contribution in [3.05, 3.63) is 35.9 Å². The van der Waals surface area contributed by atoms with E-state index >= 15 is 0 Å². The van der Waals surface area contributed by atoms with E-state index in [2.05, 4.69) is 16.0 Å². The summed E-state index contributed by atoms with van der Waals surface area (Å²) >= 11 is 1.20. The number of rotatable bonds is 4. The molecule has 1 atom stereocenters. The van der Waals surface area contributed by atoms with E-state index in [4.69, 9.17) is 5.73 Å². The summed E-state index contributed by atoms with van der Waals surface area (Å²) in [4.78, 5) is 24.6. The number of phenols is 1. The standard InChI is InChI=1S/C17H20N4O3S/c18-17(24)21-16-12(15(23)20-10-4-3-7-19-9-10)8-14(25-16)11-5-1-2-6-13(11)22/h1-2,5-6,8,10,19,22H,3-4,7,9H2,(H,20,23)(H3,18,21,24)/t10-/m1/s1. The second kappa shape index (κ2) is 7.54. The molecular weight excluding hydrogens is 340 g/mol. The third-order valence-electron chi connectivity index (χ3n) is 4.02. The lowest BCUT2D eigenvalue weighted by molar-refractivity contribution is 0.0932. The van der Waals surface area contributed by atoms with Gasteiger partial charge in [0.2, 0.25) is 0 Å². The van der Waals surface area contributed by atoms with Crippen LogP contribution in [0.1, 0.15) is 23.2 Å². The Hall–Kier alpha value is -2.58. The number of anilines is 1. The maximum Gasteiger partial charge on any atom is 0.317 e. The average molecular weight is 360 g/mol. The van der Waals surface area contributed by atoms with Crippen LogP contribution in [0.2, 0.25) is 0 Å². The van der Waals surface area contributed by atoms with Crippen LogP contribution in [0.3, 0.4) is 0 Å². The number of carbonyl (C=O) groups excluding carboxylic acids is 2. The summed E-state index contributed by atoms with van der Waals surface area (Å²) in [6, 6.07) is 7.82. The highest BCUT2D eigenvalue weighted by Gasteiger charge is 2.22. The quantitative estimate of drug-likeness (QED) is 0.574. The minimum Gasteiger partial charge on any atom is -0.507 e. The maximum absolute atomic E-state index is 12.7. The first kappa shape index (κ1) is 17.2. The van der Waals surface area contributed by atoms with Crippen molar-refractivity contribution >= 4 is 28.3 Å². The number of carbonyl (C=O) groups is 2. The fourth-order valence-corrected chi connectivity index (χ4v) is 3.91. The highest BCUT2D eigenvalue weighted by Crippen LogP contribution is 2.39. The second-order valence-corrected chi connectivity index (χ2v) is 6.93. The number of hydrogen-bond donors (Lipinski definition) is 5. The van der Waals surface area contributed by atoms with Crippen molar-refractivity contribution in [1.82, 2.24) is 10.6 Å². The van der Waals surface area contributed by atoms with Gasteiger partial charge in [-0.2, -0.15) is 0 Å². The second-order valence-electron chi connectivity index (χ2n) is 5.88. The number of piperidine rings is 1. The van der Waals surface area contributed by atoms with Crippen LogP contribution < -0.4 is 21.7 Å². The first-order valence-electron chi connectivity index (χ1n) is 8.05. The number of primary amides is 1. The molecule has 1 aliphatic heterocycles. The molecule has 0 bridgehead atoms. The zero-order valence-electron chi connectivity index (χ0n) is 13.5. The van der Waals surface area contributed by atoms with Gasteiger partial charge >= 0.3 is 6.03 Å². The van der Waals surface area contributed by atoms with E-state index in [1.165, 1.54) is 11.3 Å². The molecule has 3 rings (SSSR count). The number of hydrogen-bond acceptors (Lipinski definition) is 5. The van der Waals surface area contributed by atoms with E-state index in [9.17, 15) is 14.7 Å². The smallest absolute Gasteiger partial charge is 0.317 e. The van der Waals surface area contributed by atoms with Gasteiger partial charge in [0, 0.05) is 23.0 Å². The highest BCUT2D eigenvalue weighted by atomic mass is 32.1. The monoisotopic (exact) mass is 360 g/mol. The van der Waals surface area contributed by atoms with E-state index in [-0.39, 0.29) is 17.7 Å². The fourth-order valence-electron chi connectivity index (χ4n) is 2.82. The van der Waals surface area contributed by atoms with E-state index in [1.807, 2.05) is 0 Å². The molecule has 0 spiro atoms. The highest BCUT2D eigenvalue weighted by molar-refractivity contribution is 7.20. The molecule has 0 radical (unpaired) electrons. The minimum atomic E-state index is -0.737. The third kappa shape index (κ3) is 4.09. The zero-order valence-corrected chi connectivity index (χ0v) is 14.4. The van der Waals surface area contributed by atoms with Crippen LogP contribution >= 0.6 is 11.3 Å². The van der Waals surface area contributed by atoms with Crippen LogP contribution in [0.5, 0.6) is 5.75 Å². The van der Waals surface area contributed by atoms with Crippen LogP contribution in [0, 0.1) is 0 Å². The molecule has 1 aliphatic rings. The van der Waals surface area contributed by atoms with Crippen LogP contribution in [0.15, 0.2) is 30.3 Å². The molecule has 1 saturated heterocycles. The first-order valence-corrected chi connectivity index (χ1v) is 8.86. The number of nitrogens with two attached hydrogens (primary N) is 1. The average Bonchev–Trinajstić information content (AvgIpc) is 2.99. The van der Waals surface area contributed by atoms with Crippen molar-refractivity contribution in [1.29, 1.82) is 0 Å². The minimum absolute atomic E-state index is 0.0520. The van der Waals surface area contributed by atoms with Crippen LogP contribution in [-0.2, 0) is 0 Å². The van der Waals surface area contributed by atoms with Gasteiger partial charge in [-0.1, -0.05) is 12.1 Å². The summed E-state index contributed by atoms with van der Waals surface area (Å²) in [5.41, 5.74) is 6.16. The van der Waals surface area contributed by atoms with Gasteiger partial charge < -0.3 is 21.5 Å². The molecule has 1 aromatic carbocycles. The van der Waals surface area contributed by atoms with Gasteiger partial charge in [0.05, 0.1) is 5.56 Å². The topological polar surface area (TPSA) is 116 Å². The zero-order chi connectivity index (χ0) is 17.8. The van der Waals surface area contributed by atoms with Crippen LogP contribution in [-0.4, -0.2) is 36.2 Å². The van der Waals surface area contributed by atoms with E-state index < -0.39 is 6.03 Å². The number of urea groups is 1. The van der Waals surface area contributed by atoms with Gasteiger partial charge in [0.1, 0.15) is 10.8 Å². The Morgan fingerprint density at radius 1 is 1.32 bits per heavy atom. The number of aromatic hydroxyl groups is 1. The molecule has 1 aromatic heterocycles. The molecule has 2 heterocycles. The Morgan fingerprint density at radius 3 is 2.80 bits per heavy atom. The number of para-hydroxylation sites is 1. The van der Waals surface area contributed by atoms with Crippen molar-refractivity contribution in [2.24, 2.45) is 5.73 Å². The fraction of sp³-hybridized carbons (Fsp3) is 0.294. The Balaban J connectivity index is 1.89. The largest absolute Gasteiger partial charge is 0.507 e. The molecule has 2 aromatic rings. The summed E-state index contributed by atoms with van der Waals surface area (Å²) in [5.74, 6) is -0.159. The van der Waals surface area contributed by atoms with Crippen molar-refractivity contribution in [2.75, 3.05) is 18.4 Å². The summed E-state index contributed by atoms with van der Waals surface area (Å²) in [6.45, 7) is 1.68. The Kier molecular flexibility index (Phi) is 5.20. The van der Waals surface area contributed by atoms with Gasteiger partial charge in [0.25, 0.3) is 5.91 Å². The van der Waals surface area contributed by atoms with Crippen LogP contribution in [0.4, 0.5) is 9.80 Å². The van der Waals surface area contributed by atoms with Gasteiger partial charge in [-0.3, -0.25) is 10.1 Å². The molecule has 3 amide bonds. The molecule has 0 saturated carbocycles. The van der Waals surface area contributed by atoms with E-state index in [1.54, 1.807) is 30.3 Å². The van der Waals surface area contributed by atoms with E-state index in [0.717, 1.165) is 25.9 Å². The van der Waals surface area contributed by atoms with Gasteiger partial charge in [-0.25, -0.2) is 4.79 Å². The summed E-state index contributed by atoms with van der Waals surface area (Å²) in [5, 5.41) is 19.1. The SMILES string of the molecule is NC(=O)Nc1sc(-c2ccccc2O)cc1C(=O)N[C@@H]1CCCNC1. The lowest BCUT2D eigenvalue weighted by Gasteiger charge is -2.23. The number of phenolic OH excluding ortho intramolecular Hbond substituents is 1. The molecule has 132 valence electrons. The number of benzene rings is 1. The molecule has 7 nitrogen and oxygen atoms in total. The number of nitrogens with one attached hydrogen (secondary N) is 3. The molecule has 6 N–H and O–H groups in total. The van der Waals surface area contributed by atoms with Gasteiger partial charge in [0.15, 0.2) is 0 Å². The van der Waals surface area contributed by atoms with E-state index in [0.29, 0.717) is 21.0 Å². The number of thiophene rings is 1. The maximum atomic E-state index is 12.7.